The van der Waals surface area contributed by atoms with Crippen LogP contribution in [0.1, 0.15) is 40.0 Å². The largest absolute Gasteiger partial charge is 0.356 e. The van der Waals surface area contributed by atoms with Gasteiger partial charge in [-0.3, -0.25) is 19.3 Å². The lowest BCUT2D eigenvalue weighted by atomic mass is 10.1. The summed E-state index contributed by atoms with van der Waals surface area (Å²) in [5.41, 5.74) is 0.795. The Balaban J connectivity index is 1.42. The molecule has 1 aromatic rings. The zero-order chi connectivity index (χ0) is 16.9. The highest BCUT2D eigenvalue weighted by atomic mass is 16.7. The van der Waals surface area contributed by atoms with Crippen molar-refractivity contribution in [1.29, 1.82) is 0 Å². The molecule has 3 rings (SSSR count). The van der Waals surface area contributed by atoms with Gasteiger partial charge in [0.2, 0.25) is 5.91 Å². The summed E-state index contributed by atoms with van der Waals surface area (Å²) in [6.45, 7) is 1.87. The Kier molecular flexibility index (Phi) is 5.22. The molecular formula is C17H20N2O5. The molecule has 1 saturated heterocycles. The van der Waals surface area contributed by atoms with Gasteiger partial charge in [-0.15, -0.1) is 0 Å². The molecule has 2 aliphatic heterocycles. The van der Waals surface area contributed by atoms with Gasteiger partial charge in [-0.25, -0.2) is 0 Å². The van der Waals surface area contributed by atoms with E-state index < -0.39 is 0 Å². The quantitative estimate of drug-likeness (QED) is 0.784. The summed E-state index contributed by atoms with van der Waals surface area (Å²) in [4.78, 5) is 37.4. The van der Waals surface area contributed by atoms with Crippen LogP contribution in [0.4, 0.5) is 0 Å². The standard InChI is InChI=1S/C17H20N2O5/c20-14(18-8-6-15-23-10-3-11-24-15)7-9-19-16(21)12-4-1-2-5-13(12)17(19)22/h1-2,4-5,15H,3,6-11H2,(H,18,20). The molecule has 0 aliphatic carbocycles. The van der Waals surface area contributed by atoms with Gasteiger partial charge in [0, 0.05) is 25.9 Å². The SMILES string of the molecule is O=C(CCN1C(=O)c2ccccc2C1=O)NCCC1OCCCO1. The van der Waals surface area contributed by atoms with E-state index in [0.717, 1.165) is 11.3 Å². The molecule has 0 unspecified atom stereocenters. The number of hydrogen-bond acceptors (Lipinski definition) is 5. The molecule has 0 spiro atoms. The highest BCUT2D eigenvalue weighted by Crippen LogP contribution is 2.22. The number of benzene rings is 1. The Hall–Kier alpha value is -2.25. The highest BCUT2D eigenvalue weighted by Gasteiger charge is 2.34. The summed E-state index contributed by atoms with van der Waals surface area (Å²) in [5.74, 6) is -0.887. The number of imide groups is 1. The van der Waals surface area contributed by atoms with E-state index in [1.54, 1.807) is 24.3 Å². The molecule has 1 fully saturated rings. The van der Waals surface area contributed by atoms with Gasteiger partial charge >= 0.3 is 0 Å². The average Bonchev–Trinajstić information content (AvgIpc) is 2.85. The smallest absolute Gasteiger partial charge is 0.261 e. The minimum Gasteiger partial charge on any atom is -0.356 e. The Morgan fingerprint density at radius 2 is 1.75 bits per heavy atom. The first-order chi connectivity index (χ1) is 11.7. The van der Waals surface area contributed by atoms with Crippen LogP contribution in [0.15, 0.2) is 24.3 Å². The summed E-state index contributed by atoms with van der Waals surface area (Å²) in [7, 11) is 0. The second kappa shape index (κ2) is 7.55. The van der Waals surface area contributed by atoms with Crippen molar-refractivity contribution in [1.82, 2.24) is 10.2 Å². The van der Waals surface area contributed by atoms with Crippen LogP contribution >= 0.6 is 0 Å². The van der Waals surface area contributed by atoms with Crippen LogP contribution < -0.4 is 5.32 Å². The first kappa shape index (κ1) is 16.6. The van der Waals surface area contributed by atoms with Crippen LogP contribution in [0.5, 0.6) is 0 Å². The molecule has 2 heterocycles. The number of fused-ring (bicyclic) bond motifs is 1. The van der Waals surface area contributed by atoms with E-state index in [-0.39, 0.29) is 37.0 Å². The van der Waals surface area contributed by atoms with Crippen LogP contribution in [0.2, 0.25) is 0 Å². The second-order valence-corrected chi connectivity index (χ2v) is 5.72. The molecule has 7 heteroatoms. The summed E-state index contributed by atoms with van der Waals surface area (Å²) in [6.07, 6.45) is 1.29. The third-order valence-corrected chi connectivity index (χ3v) is 4.04. The van der Waals surface area contributed by atoms with Crippen LogP contribution in [-0.2, 0) is 14.3 Å². The van der Waals surface area contributed by atoms with Gasteiger partial charge in [-0.05, 0) is 18.6 Å². The van der Waals surface area contributed by atoms with Gasteiger partial charge in [0.15, 0.2) is 6.29 Å². The number of carbonyl (C=O) groups is 3. The fourth-order valence-electron chi connectivity index (χ4n) is 2.78. The van der Waals surface area contributed by atoms with Gasteiger partial charge in [0.05, 0.1) is 24.3 Å². The van der Waals surface area contributed by atoms with Crippen molar-refractivity contribution < 1.29 is 23.9 Å². The topological polar surface area (TPSA) is 84.9 Å². The summed E-state index contributed by atoms with van der Waals surface area (Å²) < 4.78 is 10.8. The number of amides is 3. The van der Waals surface area contributed by atoms with E-state index in [4.69, 9.17) is 9.47 Å². The molecule has 2 aliphatic rings. The van der Waals surface area contributed by atoms with E-state index in [0.29, 0.717) is 37.3 Å². The van der Waals surface area contributed by atoms with Crippen molar-refractivity contribution in [3.63, 3.8) is 0 Å². The minimum atomic E-state index is -0.340. The van der Waals surface area contributed by atoms with Crippen LogP contribution in [-0.4, -0.2) is 55.2 Å². The molecular weight excluding hydrogens is 312 g/mol. The summed E-state index contributed by atoms with van der Waals surface area (Å²) >= 11 is 0. The normalized spacial score (nSPS) is 17.9. The molecule has 0 aromatic heterocycles. The number of carbonyl (C=O) groups excluding carboxylic acids is 3. The Morgan fingerprint density at radius 3 is 2.38 bits per heavy atom. The molecule has 1 aromatic carbocycles. The Labute approximate surface area is 139 Å². The van der Waals surface area contributed by atoms with Crippen molar-refractivity contribution >= 4 is 17.7 Å². The second-order valence-electron chi connectivity index (χ2n) is 5.72. The summed E-state index contributed by atoms with van der Waals surface area (Å²) in [6, 6.07) is 6.69. The van der Waals surface area contributed by atoms with Crippen molar-refractivity contribution in [3.05, 3.63) is 35.4 Å². The maximum atomic E-state index is 12.2. The molecule has 128 valence electrons. The number of nitrogens with zero attached hydrogens (tertiary/aromatic N) is 1. The Bertz CT molecular complexity index is 605. The van der Waals surface area contributed by atoms with Crippen molar-refractivity contribution in [2.45, 2.75) is 25.6 Å². The Morgan fingerprint density at radius 1 is 1.12 bits per heavy atom. The predicted octanol–water partition coefficient (Wildman–Crippen LogP) is 0.942. The fraction of sp³-hybridized carbons (Fsp3) is 0.471. The fourth-order valence-corrected chi connectivity index (χ4v) is 2.78. The van der Waals surface area contributed by atoms with E-state index in [2.05, 4.69) is 5.32 Å². The third kappa shape index (κ3) is 3.63. The zero-order valence-corrected chi connectivity index (χ0v) is 13.3. The van der Waals surface area contributed by atoms with Crippen molar-refractivity contribution in [3.8, 4) is 0 Å². The molecule has 7 nitrogen and oxygen atoms in total. The first-order valence-corrected chi connectivity index (χ1v) is 8.12. The minimum absolute atomic E-state index is 0.0780. The lowest BCUT2D eigenvalue weighted by molar-refractivity contribution is -0.180. The van der Waals surface area contributed by atoms with Gasteiger partial charge in [-0.2, -0.15) is 0 Å². The average molecular weight is 332 g/mol. The maximum absolute atomic E-state index is 12.2. The van der Waals surface area contributed by atoms with Crippen LogP contribution in [0.3, 0.4) is 0 Å². The van der Waals surface area contributed by atoms with Gasteiger partial charge in [0.1, 0.15) is 0 Å². The maximum Gasteiger partial charge on any atom is 0.261 e. The van der Waals surface area contributed by atoms with Crippen LogP contribution in [0, 0.1) is 0 Å². The molecule has 1 N–H and O–H groups in total. The number of nitrogens with one attached hydrogen (secondary N) is 1. The van der Waals surface area contributed by atoms with Crippen molar-refractivity contribution in [2.24, 2.45) is 0 Å². The molecule has 24 heavy (non-hydrogen) atoms. The molecule has 0 atom stereocenters. The zero-order valence-electron chi connectivity index (χ0n) is 13.3. The number of rotatable bonds is 6. The van der Waals surface area contributed by atoms with Gasteiger partial charge in [0.25, 0.3) is 11.8 Å². The third-order valence-electron chi connectivity index (χ3n) is 4.04. The predicted molar refractivity (Wildman–Crippen MR) is 84.4 cm³/mol. The highest BCUT2D eigenvalue weighted by molar-refractivity contribution is 6.21. The van der Waals surface area contributed by atoms with Crippen molar-refractivity contribution in [2.75, 3.05) is 26.3 Å². The molecule has 0 saturated carbocycles. The molecule has 3 amide bonds. The first-order valence-electron chi connectivity index (χ1n) is 8.12. The molecule has 0 bridgehead atoms. The van der Waals surface area contributed by atoms with Gasteiger partial charge < -0.3 is 14.8 Å². The number of ether oxygens (including phenoxy) is 2. The monoisotopic (exact) mass is 332 g/mol. The van der Waals surface area contributed by atoms with E-state index in [9.17, 15) is 14.4 Å². The van der Waals surface area contributed by atoms with E-state index in [1.807, 2.05) is 0 Å². The van der Waals surface area contributed by atoms with Crippen LogP contribution in [0.25, 0.3) is 0 Å². The van der Waals surface area contributed by atoms with E-state index >= 15 is 0 Å². The molecule has 0 radical (unpaired) electrons. The lowest BCUT2D eigenvalue weighted by Gasteiger charge is -2.23. The van der Waals surface area contributed by atoms with Gasteiger partial charge in [-0.1, -0.05) is 12.1 Å². The summed E-state index contributed by atoms with van der Waals surface area (Å²) in [5, 5.41) is 2.76. The lowest BCUT2D eigenvalue weighted by Crippen LogP contribution is -2.36. The van der Waals surface area contributed by atoms with E-state index in [1.165, 1.54) is 0 Å². The number of hydrogen-bond donors (Lipinski definition) is 1.